The average Bonchev–Trinajstić information content (AvgIpc) is 3.10. The maximum Gasteiger partial charge on any atom is 0.267 e. The molecule has 9 heteroatoms. The van der Waals surface area contributed by atoms with Crippen molar-refractivity contribution in [3.05, 3.63) is 44.7 Å². The van der Waals surface area contributed by atoms with E-state index in [9.17, 15) is 9.59 Å². The second-order valence-corrected chi connectivity index (χ2v) is 11.4. The molecular weight excluding hydrogens is 460 g/mol. The molecule has 168 valence electrons. The summed E-state index contributed by atoms with van der Waals surface area (Å²) >= 11 is 8.81. The van der Waals surface area contributed by atoms with E-state index < -0.39 is 0 Å². The summed E-state index contributed by atoms with van der Waals surface area (Å²) in [6.07, 6.45) is 8.96. The molecule has 6 nitrogen and oxygen atoms in total. The number of hydrogen-bond acceptors (Lipinski definition) is 7. The third kappa shape index (κ3) is 3.99. The molecule has 0 aromatic carbocycles. The highest BCUT2D eigenvalue weighted by atomic mass is 32.2. The Morgan fingerprint density at radius 1 is 1.16 bits per heavy atom. The molecule has 3 fully saturated rings. The summed E-state index contributed by atoms with van der Waals surface area (Å²) in [4.78, 5) is 36.3. The quantitative estimate of drug-likeness (QED) is 0.478. The molecule has 2 aromatic heterocycles. The summed E-state index contributed by atoms with van der Waals surface area (Å²) in [6.45, 7) is 3.64. The molecule has 0 N–H and O–H groups in total. The fourth-order valence-corrected chi connectivity index (χ4v) is 6.99. The van der Waals surface area contributed by atoms with Crippen LogP contribution in [0.4, 0.5) is 5.82 Å². The summed E-state index contributed by atoms with van der Waals surface area (Å²) < 4.78 is 2.19. The van der Waals surface area contributed by atoms with Crippen molar-refractivity contribution in [2.24, 2.45) is 0 Å². The smallest absolute Gasteiger partial charge is 0.267 e. The molecule has 1 saturated carbocycles. The van der Waals surface area contributed by atoms with Gasteiger partial charge in [0.2, 0.25) is 0 Å². The number of fused-ring (bicyclic) bond motifs is 1. The molecule has 2 aliphatic heterocycles. The molecule has 2 saturated heterocycles. The maximum atomic E-state index is 13.6. The molecule has 2 aromatic rings. The first kappa shape index (κ1) is 22.0. The Balaban J connectivity index is 1.60. The summed E-state index contributed by atoms with van der Waals surface area (Å²) in [5, 5.41) is 0. The summed E-state index contributed by atoms with van der Waals surface area (Å²) in [5.74, 6) is 2.60. The predicted octanol–water partition coefficient (Wildman–Crippen LogP) is 4.09. The van der Waals surface area contributed by atoms with Crippen LogP contribution in [0.15, 0.2) is 28.0 Å². The lowest BCUT2D eigenvalue weighted by atomic mass is 9.94. The first-order chi connectivity index (χ1) is 15.5. The molecular formula is C23H26N4O2S3. The van der Waals surface area contributed by atoms with Crippen LogP contribution in [0.1, 0.15) is 43.2 Å². The highest BCUT2D eigenvalue weighted by Crippen LogP contribution is 2.38. The summed E-state index contributed by atoms with van der Waals surface area (Å²) in [5.41, 5.74) is 1.95. The molecule has 1 amide bonds. The molecule has 0 unspecified atom stereocenters. The number of pyridine rings is 1. The Bertz CT molecular complexity index is 1160. The monoisotopic (exact) mass is 486 g/mol. The van der Waals surface area contributed by atoms with Gasteiger partial charge in [-0.25, -0.2) is 4.98 Å². The Morgan fingerprint density at radius 3 is 2.66 bits per heavy atom. The van der Waals surface area contributed by atoms with Crippen LogP contribution in [0.25, 0.3) is 11.7 Å². The van der Waals surface area contributed by atoms with Gasteiger partial charge >= 0.3 is 0 Å². The van der Waals surface area contributed by atoms with Gasteiger partial charge in [-0.3, -0.25) is 18.9 Å². The molecule has 3 aliphatic rings. The van der Waals surface area contributed by atoms with Gasteiger partial charge in [-0.1, -0.05) is 49.3 Å². The van der Waals surface area contributed by atoms with Crippen molar-refractivity contribution < 1.29 is 4.79 Å². The third-order valence-corrected chi connectivity index (χ3v) is 8.69. The van der Waals surface area contributed by atoms with Gasteiger partial charge < -0.3 is 4.90 Å². The topological polar surface area (TPSA) is 57.9 Å². The molecule has 0 spiro atoms. The number of aryl methyl sites for hydroxylation is 1. The van der Waals surface area contributed by atoms with Gasteiger partial charge in [-0.2, -0.15) is 11.8 Å². The SMILES string of the molecule is Cc1cccn2c(=O)c(/C=C3/SC(=S)N(C4CCCCC4)C3=O)c(N3CCSCC3)nc12. The van der Waals surface area contributed by atoms with Gasteiger partial charge in [-0.15, -0.1) is 0 Å². The van der Waals surface area contributed by atoms with Crippen LogP contribution in [0.5, 0.6) is 0 Å². The number of amides is 1. The van der Waals surface area contributed by atoms with E-state index in [2.05, 4.69) is 4.90 Å². The second kappa shape index (κ2) is 9.19. The number of thiocarbonyl (C=S) groups is 1. The average molecular weight is 487 g/mol. The highest BCUT2D eigenvalue weighted by Gasteiger charge is 2.38. The van der Waals surface area contributed by atoms with Gasteiger partial charge in [0, 0.05) is 36.8 Å². The molecule has 0 atom stereocenters. The van der Waals surface area contributed by atoms with Crippen LogP contribution in [0.2, 0.25) is 0 Å². The lowest BCUT2D eigenvalue weighted by Gasteiger charge is -2.30. The summed E-state index contributed by atoms with van der Waals surface area (Å²) in [6, 6.07) is 4.00. The predicted molar refractivity (Wildman–Crippen MR) is 138 cm³/mol. The van der Waals surface area contributed by atoms with Crippen molar-refractivity contribution in [1.82, 2.24) is 14.3 Å². The molecule has 1 aliphatic carbocycles. The van der Waals surface area contributed by atoms with E-state index in [1.807, 2.05) is 30.8 Å². The number of anilines is 1. The van der Waals surface area contributed by atoms with Crippen molar-refractivity contribution >= 4 is 63.5 Å². The third-order valence-electron chi connectivity index (χ3n) is 6.41. The van der Waals surface area contributed by atoms with E-state index >= 15 is 0 Å². The van der Waals surface area contributed by atoms with E-state index in [0.29, 0.717) is 26.3 Å². The van der Waals surface area contributed by atoms with Crippen molar-refractivity contribution in [1.29, 1.82) is 0 Å². The zero-order valence-corrected chi connectivity index (χ0v) is 20.5. The van der Waals surface area contributed by atoms with Gasteiger partial charge in [0.25, 0.3) is 11.5 Å². The van der Waals surface area contributed by atoms with Crippen molar-refractivity contribution in [3.8, 4) is 0 Å². The fourth-order valence-electron chi connectivity index (χ4n) is 4.71. The molecule has 4 heterocycles. The lowest BCUT2D eigenvalue weighted by molar-refractivity contribution is -0.124. The summed E-state index contributed by atoms with van der Waals surface area (Å²) in [7, 11) is 0. The fraction of sp³-hybridized carbons (Fsp3) is 0.478. The number of nitrogens with zero attached hydrogens (tertiary/aromatic N) is 4. The Labute approximate surface area is 201 Å². The standard InChI is InChI=1S/C23H26N4O2S3/c1-15-6-5-9-26-19(15)24-20(25-10-12-31-13-11-25)17(21(26)28)14-18-22(29)27(23(30)32-18)16-7-3-2-4-8-16/h5-6,9,14,16H,2-4,7-8,10-13H2,1H3/b18-14+. The number of carbonyl (C=O) groups is 1. The van der Waals surface area contributed by atoms with E-state index in [1.54, 1.807) is 21.6 Å². The first-order valence-corrected chi connectivity index (χ1v) is 13.5. The number of rotatable bonds is 3. The normalized spacial score (nSPS) is 21.8. The second-order valence-electron chi connectivity index (χ2n) is 8.48. The first-order valence-electron chi connectivity index (χ1n) is 11.2. The Kier molecular flexibility index (Phi) is 6.31. The number of aromatic nitrogens is 2. The van der Waals surface area contributed by atoms with Crippen molar-refractivity contribution in [2.75, 3.05) is 29.5 Å². The van der Waals surface area contributed by atoms with Crippen LogP contribution in [-0.2, 0) is 4.79 Å². The zero-order chi connectivity index (χ0) is 22.2. The van der Waals surface area contributed by atoms with E-state index in [4.69, 9.17) is 17.2 Å². The molecule has 0 bridgehead atoms. The van der Waals surface area contributed by atoms with Gasteiger partial charge in [0.05, 0.1) is 10.5 Å². The van der Waals surface area contributed by atoms with Gasteiger partial charge in [-0.05, 0) is 37.5 Å². The minimum Gasteiger partial charge on any atom is -0.354 e. The van der Waals surface area contributed by atoms with Crippen LogP contribution in [0, 0.1) is 6.92 Å². The van der Waals surface area contributed by atoms with Gasteiger partial charge in [0.15, 0.2) is 0 Å². The molecule has 0 radical (unpaired) electrons. The number of thioether (sulfide) groups is 2. The number of carbonyl (C=O) groups excluding carboxylic acids is 1. The molecule has 5 rings (SSSR count). The number of hydrogen-bond donors (Lipinski definition) is 0. The van der Waals surface area contributed by atoms with Gasteiger partial charge in [0.1, 0.15) is 15.8 Å². The van der Waals surface area contributed by atoms with Crippen molar-refractivity contribution in [2.45, 2.75) is 45.1 Å². The zero-order valence-electron chi connectivity index (χ0n) is 18.1. The lowest BCUT2D eigenvalue weighted by Crippen LogP contribution is -2.39. The highest BCUT2D eigenvalue weighted by molar-refractivity contribution is 8.26. The minimum absolute atomic E-state index is 0.0687. The van der Waals surface area contributed by atoms with Crippen LogP contribution < -0.4 is 10.5 Å². The van der Waals surface area contributed by atoms with E-state index in [0.717, 1.165) is 55.8 Å². The Hall–Kier alpha value is -1.84. The minimum atomic E-state index is -0.144. The van der Waals surface area contributed by atoms with E-state index in [-0.39, 0.29) is 17.5 Å². The Morgan fingerprint density at radius 2 is 1.91 bits per heavy atom. The van der Waals surface area contributed by atoms with Crippen LogP contribution in [0.3, 0.4) is 0 Å². The van der Waals surface area contributed by atoms with E-state index in [1.165, 1.54) is 18.2 Å². The largest absolute Gasteiger partial charge is 0.354 e. The maximum absolute atomic E-state index is 13.6. The van der Waals surface area contributed by atoms with Crippen LogP contribution in [-0.4, -0.2) is 55.1 Å². The molecule has 32 heavy (non-hydrogen) atoms. The van der Waals surface area contributed by atoms with Crippen LogP contribution >= 0.6 is 35.7 Å². The van der Waals surface area contributed by atoms with Crippen molar-refractivity contribution in [3.63, 3.8) is 0 Å².